The molecule has 0 spiro atoms. The molecular formula is C18H18N2O. The smallest absolute Gasteiger partial charge is 0.223 e. The Morgan fingerprint density at radius 1 is 1.05 bits per heavy atom. The predicted molar refractivity (Wildman–Crippen MR) is 85.8 cm³/mol. The first-order chi connectivity index (χ1) is 10.3. The first-order valence-corrected chi connectivity index (χ1v) is 7.10. The number of para-hydroxylation sites is 2. The Bertz CT molecular complexity index is 768. The fraction of sp³-hybridized carbons (Fsp3) is 0.167. The van der Waals surface area contributed by atoms with Crippen LogP contribution in [0.5, 0.6) is 11.6 Å². The maximum atomic E-state index is 6.03. The summed E-state index contributed by atoms with van der Waals surface area (Å²) in [6.45, 7) is 2.60. The van der Waals surface area contributed by atoms with Gasteiger partial charge in [-0.15, -0.1) is 0 Å². The monoisotopic (exact) mass is 278 g/mol. The third kappa shape index (κ3) is 2.88. The van der Waals surface area contributed by atoms with Gasteiger partial charge >= 0.3 is 0 Å². The molecule has 21 heavy (non-hydrogen) atoms. The highest BCUT2D eigenvalue weighted by Gasteiger charge is 2.10. The molecule has 0 bridgehead atoms. The topological polar surface area (TPSA) is 48.1 Å². The highest BCUT2D eigenvalue weighted by Crippen LogP contribution is 2.28. The van der Waals surface area contributed by atoms with E-state index in [1.807, 2.05) is 49.4 Å². The number of benzene rings is 2. The largest absolute Gasteiger partial charge is 0.438 e. The Kier molecular flexibility index (Phi) is 3.84. The lowest BCUT2D eigenvalue weighted by molar-refractivity contribution is 0.455. The van der Waals surface area contributed by atoms with Gasteiger partial charge in [-0.2, -0.15) is 0 Å². The van der Waals surface area contributed by atoms with Gasteiger partial charge in [0.15, 0.2) is 0 Å². The van der Waals surface area contributed by atoms with Crippen LogP contribution in [-0.2, 0) is 6.42 Å². The first kappa shape index (κ1) is 13.6. The Balaban J connectivity index is 2.07. The molecule has 0 fully saturated rings. The molecule has 0 unspecified atom stereocenters. The zero-order valence-corrected chi connectivity index (χ0v) is 12.0. The van der Waals surface area contributed by atoms with Crippen molar-refractivity contribution in [3.8, 4) is 11.6 Å². The van der Waals surface area contributed by atoms with Gasteiger partial charge in [-0.3, -0.25) is 0 Å². The second-order valence-electron chi connectivity index (χ2n) is 5.05. The second kappa shape index (κ2) is 5.94. The Morgan fingerprint density at radius 2 is 1.81 bits per heavy atom. The van der Waals surface area contributed by atoms with Crippen molar-refractivity contribution in [3.63, 3.8) is 0 Å². The van der Waals surface area contributed by atoms with Crippen LogP contribution in [0.2, 0.25) is 0 Å². The Morgan fingerprint density at radius 3 is 2.62 bits per heavy atom. The molecule has 0 saturated heterocycles. The summed E-state index contributed by atoms with van der Waals surface area (Å²) in [4.78, 5) is 4.65. The van der Waals surface area contributed by atoms with E-state index in [4.69, 9.17) is 10.5 Å². The highest BCUT2D eigenvalue weighted by atomic mass is 16.5. The molecule has 0 aliphatic rings. The summed E-state index contributed by atoms with van der Waals surface area (Å²) in [6.07, 6.45) is 0.749. The summed E-state index contributed by atoms with van der Waals surface area (Å²) in [5.74, 6) is 1.48. The average Bonchev–Trinajstić information content (AvgIpc) is 2.50. The molecule has 0 atom stereocenters. The van der Waals surface area contributed by atoms with Crippen molar-refractivity contribution in [2.45, 2.75) is 13.3 Å². The van der Waals surface area contributed by atoms with Gasteiger partial charge in [-0.1, -0.05) is 36.4 Å². The van der Waals surface area contributed by atoms with Gasteiger partial charge in [-0.05, 0) is 43.7 Å². The van der Waals surface area contributed by atoms with Crippen LogP contribution in [0.4, 0.5) is 0 Å². The fourth-order valence-corrected chi connectivity index (χ4v) is 2.34. The Labute approximate surface area is 124 Å². The SMILES string of the molecule is Cc1ccccc1Oc1nc2ccccc2cc1CCN. The van der Waals surface area contributed by atoms with Crippen LogP contribution in [0.1, 0.15) is 11.1 Å². The minimum Gasteiger partial charge on any atom is -0.438 e. The summed E-state index contributed by atoms with van der Waals surface area (Å²) >= 11 is 0. The average molecular weight is 278 g/mol. The van der Waals surface area contributed by atoms with E-state index >= 15 is 0 Å². The fourth-order valence-electron chi connectivity index (χ4n) is 2.34. The normalized spacial score (nSPS) is 10.8. The first-order valence-electron chi connectivity index (χ1n) is 7.10. The number of aryl methyl sites for hydroxylation is 1. The number of hydrogen-bond donors (Lipinski definition) is 1. The summed E-state index contributed by atoms with van der Waals surface area (Å²) in [6, 6.07) is 18.1. The molecule has 0 amide bonds. The molecule has 0 aliphatic heterocycles. The molecule has 106 valence electrons. The maximum absolute atomic E-state index is 6.03. The molecule has 0 aliphatic carbocycles. The van der Waals surface area contributed by atoms with Crippen molar-refractivity contribution >= 4 is 10.9 Å². The minimum atomic E-state index is 0.574. The van der Waals surface area contributed by atoms with E-state index in [0.717, 1.165) is 34.2 Å². The molecule has 0 radical (unpaired) electrons. The molecule has 1 heterocycles. The molecule has 3 nitrogen and oxygen atoms in total. The predicted octanol–water partition coefficient (Wildman–Crippen LogP) is 3.84. The number of ether oxygens (including phenoxy) is 1. The zero-order chi connectivity index (χ0) is 14.7. The van der Waals surface area contributed by atoms with Gasteiger partial charge in [-0.25, -0.2) is 4.98 Å². The van der Waals surface area contributed by atoms with Crippen LogP contribution in [-0.4, -0.2) is 11.5 Å². The number of nitrogens with two attached hydrogens (primary N) is 1. The molecule has 3 rings (SSSR count). The van der Waals surface area contributed by atoms with Crippen LogP contribution in [0.25, 0.3) is 10.9 Å². The highest BCUT2D eigenvalue weighted by molar-refractivity contribution is 5.80. The van der Waals surface area contributed by atoms with Crippen molar-refractivity contribution in [1.82, 2.24) is 4.98 Å². The summed E-state index contributed by atoms with van der Waals surface area (Å²) in [7, 11) is 0. The lowest BCUT2D eigenvalue weighted by Gasteiger charge is -2.12. The van der Waals surface area contributed by atoms with E-state index in [2.05, 4.69) is 17.1 Å². The standard InChI is InChI=1S/C18H18N2O/c1-13-6-2-5-9-17(13)21-18-15(10-11-19)12-14-7-3-4-8-16(14)20-18/h2-9,12H,10-11,19H2,1H3. The molecular weight excluding hydrogens is 260 g/mol. The van der Waals surface area contributed by atoms with Gasteiger partial charge in [0.2, 0.25) is 5.88 Å². The third-order valence-electron chi connectivity index (χ3n) is 3.48. The summed E-state index contributed by atoms with van der Waals surface area (Å²) in [5.41, 5.74) is 8.78. The summed E-state index contributed by atoms with van der Waals surface area (Å²) < 4.78 is 6.03. The molecule has 0 saturated carbocycles. The number of aromatic nitrogens is 1. The van der Waals surface area contributed by atoms with Crippen molar-refractivity contribution in [1.29, 1.82) is 0 Å². The van der Waals surface area contributed by atoms with E-state index < -0.39 is 0 Å². The van der Waals surface area contributed by atoms with Crippen molar-refractivity contribution in [2.75, 3.05) is 6.54 Å². The number of rotatable bonds is 4. The quantitative estimate of drug-likeness (QED) is 0.789. The van der Waals surface area contributed by atoms with Gasteiger partial charge in [0.1, 0.15) is 5.75 Å². The van der Waals surface area contributed by atoms with Gasteiger partial charge < -0.3 is 10.5 Å². The molecule has 3 heteroatoms. The number of pyridine rings is 1. The van der Waals surface area contributed by atoms with E-state index in [1.54, 1.807) is 0 Å². The van der Waals surface area contributed by atoms with Crippen molar-refractivity contribution < 1.29 is 4.74 Å². The van der Waals surface area contributed by atoms with Gasteiger partial charge in [0.05, 0.1) is 5.52 Å². The number of nitrogens with zero attached hydrogens (tertiary/aromatic N) is 1. The number of hydrogen-bond acceptors (Lipinski definition) is 3. The Hall–Kier alpha value is -2.39. The lowest BCUT2D eigenvalue weighted by Crippen LogP contribution is -2.05. The molecule has 2 aromatic carbocycles. The van der Waals surface area contributed by atoms with E-state index in [0.29, 0.717) is 12.4 Å². The van der Waals surface area contributed by atoms with Gasteiger partial charge in [0, 0.05) is 10.9 Å². The van der Waals surface area contributed by atoms with Crippen molar-refractivity contribution in [3.05, 3.63) is 65.7 Å². The van der Waals surface area contributed by atoms with E-state index in [-0.39, 0.29) is 0 Å². The van der Waals surface area contributed by atoms with E-state index in [1.165, 1.54) is 0 Å². The van der Waals surface area contributed by atoms with Crippen LogP contribution in [0.3, 0.4) is 0 Å². The van der Waals surface area contributed by atoms with Crippen LogP contribution in [0, 0.1) is 6.92 Å². The minimum absolute atomic E-state index is 0.574. The summed E-state index contributed by atoms with van der Waals surface area (Å²) in [5, 5.41) is 1.11. The molecule has 3 aromatic rings. The second-order valence-corrected chi connectivity index (χ2v) is 5.05. The van der Waals surface area contributed by atoms with Crippen LogP contribution < -0.4 is 10.5 Å². The zero-order valence-electron chi connectivity index (χ0n) is 12.0. The molecule has 1 aromatic heterocycles. The maximum Gasteiger partial charge on any atom is 0.223 e. The van der Waals surface area contributed by atoms with Gasteiger partial charge in [0.25, 0.3) is 0 Å². The number of fused-ring (bicyclic) bond motifs is 1. The lowest BCUT2D eigenvalue weighted by atomic mass is 10.1. The molecule has 2 N–H and O–H groups in total. The van der Waals surface area contributed by atoms with Crippen LogP contribution >= 0.6 is 0 Å². The van der Waals surface area contributed by atoms with Crippen LogP contribution in [0.15, 0.2) is 54.6 Å². The van der Waals surface area contributed by atoms with Crippen molar-refractivity contribution in [2.24, 2.45) is 5.73 Å². The van der Waals surface area contributed by atoms with E-state index in [9.17, 15) is 0 Å². The third-order valence-corrected chi connectivity index (χ3v) is 3.48.